The van der Waals surface area contributed by atoms with E-state index in [1.807, 2.05) is 6.08 Å². The number of aliphatic hydroxyl groups is 1. The third-order valence-electron chi connectivity index (χ3n) is 3.84. The minimum Gasteiger partial charge on any atom is -0.393 e. The van der Waals surface area contributed by atoms with E-state index in [1.54, 1.807) is 0 Å². The molecule has 0 radical (unpaired) electrons. The molecule has 0 spiro atoms. The van der Waals surface area contributed by atoms with Crippen LogP contribution < -0.4 is 0 Å². The van der Waals surface area contributed by atoms with Crippen LogP contribution in [-0.2, 0) is 0 Å². The maximum absolute atomic E-state index is 9.76. The van der Waals surface area contributed by atoms with Gasteiger partial charge in [0.05, 0.1) is 6.10 Å². The van der Waals surface area contributed by atoms with Crippen LogP contribution >= 0.6 is 0 Å². The predicted octanol–water partition coefficient (Wildman–Crippen LogP) is 6.01. The van der Waals surface area contributed by atoms with E-state index in [0.717, 1.165) is 25.7 Å². The van der Waals surface area contributed by atoms with Crippen molar-refractivity contribution in [3.8, 4) is 0 Å². The van der Waals surface area contributed by atoms with Gasteiger partial charge in [0.15, 0.2) is 0 Å². The first kappa shape index (κ1) is 18.7. The maximum atomic E-state index is 9.76. The highest BCUT2D eigenvalue weighted by Gasteiger charge is 2.02. The molecule has 19 heavy (non-hydrogen) atoms. The second-order valence-electron chi connectivity index (χ2n) is 5.84. The van der Waals surface area contributed by atoms with Gasteiger partial charge in [0, 0.05) is 0 Å². The van der Waals surface area contributed by atoms with Crippen molar-refractivity contribution < 1.29 is 5.11 Å². The lowest BCUT2D eigenvalue weighted by Gasteiger charge is -2.09. The van der Waals surface area contributed by atoms with E-state index >= 15 is 0 Å². The van der Waals surface area contributed by atoms with E-state index in [2.05, 4.69) is 13.5 Å². The number of hydrogen-bond donors (Lipinski definition) is 1. The monoisotopic (exact) mass is 268 g/mol. The molecule has 0 saturated heterocycles. The Morgan fingerprint density at radius 1 is 0.789 bits per heavy atom. The molecule has 1 nitrogen and oxygen atoms in total. The van der Waals surface area contributed by atoms with Crippen LogP contribution in [0.5, 0.6) is 0 Å². The summed E-state index contributed by atoms with van der Waals surface area (Å²) < 4.78 is 0. The fourth-order valence-corrected chi connectivity index (χ4v) is 2.51. The summed E-state index contributed by atoms with van der Waals surface area (Å²) in [5.74, 6) is 0. The van der Waals surface area contributed by atoms with Gasteiger partial charge in [-0.1, -0.05) is 77.2 Å². The molecule has 0 aromatic heterocycles. The fourth-order valence-electron chi connectivity index (χ4n) is 2.51. The van der Waals surface area contributed by atoms with Gasteiger partial charge >= 0.3 is 0 Å². The van der Waals surface area contributed by atoms with Gasteiger partial charge in [-0.05, 0) is 25.7 Å². The second kappa shape index (κ2) is 15.8. The predicted molar refractivity (Wildman–Crippen MR) is 86.5 cm³/mol. The molecule has 0 fully saturated rings. The maximum Gasteiger partial charge on any atom is 0.0540 e. The van der Waals surface area contributed by atoms with Gasteiger partial charge < -0.3 is 5.11 Å². The summed E-state index contributed by atoms with van der Waals surface area (Å²) in [6, 6.07) is 0. The third kappa shape index (κ3) is 15.6. The average Bonchev–Trinajstić information content (AvgIpc) is 2.41. The van der Waals surface area contributed by atoms with Crippen molar-refractivity contribution in [3.63, 3.8) is 0 Å². The molecule has 0 aliphatic carbocycles. The summed E-state index contributed by atoms with van der Waals surface area (Å²) in [5, 5.41) is 9.76. The van der Waals surface area contributed by atoms with E-state index in [4.69, 9.17) is 0 Å². The molecular formula is C18H36O. The van der Waals surface area contributed by atoms with Gasteiger partial charge in [0.1, 0.15) is 0 Å². The van der Waals surface area contributed by atoms with Crippen LogP contribution in [-0.4, -0.2) is 11.2 Å². The lowest BCUT2D eigenvalue weighted by Crippen LogP contribution is -2.05. The molecule has 0 heterocycles. The van der Waals surface area contributed by atoms with E-state index in [0.29, 0.717) is 0 Å². The molecule has 0 rings (SSSR count). The molecule has 0 bridgehead atoms. The highest BCUT2D eigenvalue weighted by Crippen LogP contribution is 2.13. The van der Waals surface area contributed by atoms with E-state index in [-0.39, 0.29) is 6.10 Å². The number of aliphatic hydroxyl groups excluding tert-OH is 1. The minimum absolute atomic E-state index is 0.0750. The van der Waals surface area contributed by atoms with Crippen molar-refractivity contribution in [3.05, 3.63) is 12.7 Å². The zero-order chi connectivity index (χ0) is 14.2. The van der Waals surface area contributed by atoms with Crippen molar-refractivity contribution in [2.75, 3.05) is 0 Å². The van der Waals surface area contributed by atoms with E-state index in [1.165, 1.54) is 64.2 Å². The van der Waals surface area contributed by atoms with Crippen LogP contribution in [0.25, 0.3) is 0 Å². The Kier molecular flexibility index (Phi) is 15.5. The van der Waals surface area contributed by atoms with Gasteiger partial charge in [-0.2, -0.15) is 0 Å². The number of allylic oxidation sites excluding steroid dienone is 1. The summed E-state index contributed by atoms with van der Waals surface area (Å²) in [6.45, 7) is 5.97. The smallest absolute Gasteiger partial charge is 0.0540 e. The van der Waals surface area contributed by atoms with Crippen LogP contribution in [0.2, 0.25) is 0 Å². The number of rotatable bonds is 15. The molecule has 114 valence electrons. The first-order valence-electron chi connectivity index (χ1n) is 8.60. The van der Waals surface area contributed by atoms with E-state index in [9.17, 15) is 5.11 Å². The molecule has 1 unspecified atom stereocenters. The lowest BCUT2D eigenvalue weighted by molar-refractivity contribution is 0.148. The summed E-state index contributed by atoms with van der Waals surface area (Å²) in [7, 11) is 0. The summed E-state index contributed by atoms with van der Waals surface area (Å²) in [6.07, 6.45) is 19.6. The van der Waals surface area contributed by atoms with Crippen LogP contribution in [0.15, 0.2) is 12.7 Å². The molecule has 1 heteroatoms. The number of hydrogen-bond acceptors (Lipinski definition) is 1. The highest BCUT2D eigenvalue weighted by atomic mass is 16.3. The summed E-state index contributed by atoms with van der Waals surface area (Å²) >= 11 is 0. The fraction of sp³-hybridized carbons (Fsp3) is 0.889. The Morgan fingerprint density at radius 3 is 1.79 bits per heavy atom. The van der Waals surface area contributed by atoms with Crippen LogP contribution in [0, 0.1) is 0 Å². The molecule has 0 aliphatic heterocycles. The molecule has 0 aromatic carbocycles. The Bertz CT molecular complexity index is 177. The minimum atomic E-state index is -0.0750. The zero-order valence-corrected chi connectivity index (χ0v) is 13.2. The molecule has 1 atom stereocenters. The third-order valence-corrected chi connectivity index (χ3v) is 3.84. The molecule has 0 amide bonds. The van der Waals surface area contributed by atoms with Crippen molar-refractivity contribution >= 4 is 0 Å². The van der Waals surface area contributed by atoms with E-state index < -0.39 is 0 Å². The van der Waals surface area contributed by atoms with Crippen LogP contribution in [0.4, 0.5) is 0 Å². The van der Waals surface area contributed by atoms with Crippen molar-refractivity contribution in [1.29, 1.82) is 0 Å². The zero-order valence-electron chi connectivity index (χ0n) is 13.2. The SMILES string of the molecule is C=CCCCC(O)CCCCCCCCCCCC. The molecule has 1 N–H and O–H groups in total. The first-order chi connectivity index (χ1) is 9.31. The van der Waals surface area contributed by atoms with Crippen LogP contribution in [0.1, 0.15) is 96.8 Å². The second-order valence-corrected chi connectivity index (χ2v) is 5.84. The Labute approximate surface area is 121 Å². The Balaban J connectivity index is 3.07. The Morgan fingerprint density at radius 2 is 1.26 bits per heavy atom. The standard InChI is InChI=1S/C18H36O/c1-3-5-7-8-9-10-11-12-13-15-17-18(19)16-14-6-4-2/h4,18-19H,2-3,5-17H2,1H3. The van der Waals surface area contributed by atoms with Gasteiger partial charge in [-0.15, -0.1) is 6.58 Å². The quantitative estimate of drug-likeness (QED) is 0.284. The van der Waals surface area contributed by atoms with Crippen molar-refractivity contribution in [1.82, 2.24) is 0 Å². The van der Waals surface area contributed by atoms with Gasteiger partial charge in [0.25, 0.3) is 0 Å². The van der Waals surface area contributed by atoms with Gasteiger partial charge in [-0.25, -0.2) is 0 Å². The summed E-state index contributed by atoms with van der Waals surface area (Å²) in [5.41, 5.74) is 0. The van der Waals surface area contributed by atoms with Crippen molar-refractivity contribution in [2.24, 2.45) is 0 Å². The molecule has 0 aromatic rings. The molecule has 0 aliphatic rings. The lowest BCUT2D eigenvalue weighted by atomic mass is 10.0. The van der Waals surface area contributed by atoms with Crippen LogP contribution in [0.3, 0.4) is 0 Å². The highest BCUT2D eigenvalue weighted by molar-refractivity contribution is 4.67. The average molecular weight is 268 g/mol. The topological polar surface area (TPSA) is 20.2 Å². The van der Waals surface area contributed by atoms with Crippen molar-refractivity contribution in [2.45, 2.75) is 103 Å². The normalized spacial score (nSPS) is 12.5. The largest absolute Gasteiger partial charge is 0.393 e. The number of unbranched alkanes of at least 4 members (excludes halogenated alkanes) is 10. The summed E-state index contributed by atoms with van der Waals surface area (Å²) in [4.78, 5) is 0. The molecular weight excluding hydrogens is 232 g/mol. The van der Waals surface area contributed by atoms with Gasteiger partial charge in [-0.3, -0.25) is 0 Å². The first-order valence-corrected chi connectivity index (χ1v) is 8.60. The van der Waals surface area contributed by atoms with Gasteiger partial charge in [0.2, 0.25) is 0 Å². The Hall–Kier alpha value is -0.300. The molecule has 0 saturated carbocycles.